The van der Waals surface area contributed by atoms with E-state index >= 15 is 0 Å². The summed E-state index contributed by atoms with van der Waals surface area (Å²) in [6.07, 6.45) is 0. The summed E-state index contributed by atoms with van der Waals surface area (Å²) in [6.45, 7) is -0.437. The van der Waals surface area contributed by atoms with Crippen LogP contribution in [-0.2, 0) is 9.53 Å². The standard InChI is InChI=1S/C15H12Cl2N2O3/c16-9-2-1-3-11(6-9)19-14(20)8-22-15(21)12-5-4-10(17)7-13(12)18/h1-7H,8,18H2,(H,19,20). The van der Waals surface area contributed by atoms with Crippen molar-refractivity contribution in [2.24, 2.45) is 0 Å². The number of nitrogen functional groups attached to an aromatic ring is 1. The van der Waals surface area contributed by atoms with Gasteiger partial charge in [-0.1, -0.05) is 29.3 Å². The molecule has 0 saturated heterocycles. The minimum absolute atomic E-state index is 0.153. The van der Waals surface area contributed by atoms with Crippen molar-refractivity contribution in [2.75, 3.05) is 17.7 Å². The Morgan fingerprint density at radius 1 is 1.09 bits per heavy atom. The van der Waals surface area contributed by atoms with Crippen molar-refractivity contribution < 1.29 is 14.3 Å². The van der Waals surface area contributed by atoms with Crippen LogP contribution in [0.3, 0.4) is 0 Å². The van der Waals surface area contributed by atoms with E-state index in [2.05, 4.69) is 5.32 Å². The molecule has 7 heteroatoms. The monoisotopic (exact) mass is 338 g/mol. The van der Waals surface area contributed by atoms with Crippen molar-refractivity contribution in [1.29, 1.82) is 0 Å². The lowest BCUT2D eigenvalue weighted by molar-refractivity contribution is -0.119. The Morgan fingerprint density at radius 2 is 1.82 bits per heavy atom. The van der Waals surface area contributed by atoms with Crippen LogP contribution in [0.5, 0.6) is 0 Å². The fourth-order valence-corrected chi connectivity index (χ4v) is 2.06. The van der Waals surface area contributed by atoms with Gasteiger partial charge >= 0.3 is 5.97 Å². The molecule has 22 heavy (non-hydrogen) atoms. The quantitative estimate of drug-likeness (QED) is 0.661. The minimum Gasteiger partial charge on any atom is -0.452 e. The molecule has 0 saturated carbocycles. The van der Waals surface area contributed by atoms with Crippen LogP contribution in [0.4, 0.5) is 11.4 Å². The number of hydrogen-bond donors (Lipinski definition) is 2. The first-order valence-corrected chi connectivity index (χ1v) is 6.99. The Kier molecular flexibility index (Phi) is 5.25. The van der Waals surface area contributed by atoms with Gasteiger partial charge in [0.1, 0.15) is 0 Å². The third-order valence-electron chi connectivity index (χ3n) is 2.68. The summed E-state index contributed by atoms with van der Waals surface area (Å²) in [7, 11) is 0. The Balaban J connectivity index is 1.92. The first-order valence-electron chi connectivity index (χ1n) is 6.23. The van der Waals surface area contributed by atoms with Gasteiger partial charge in [0.15, 0.2) is 6.61 Å². The van der Waals surface area contributed by atoms with Gasteiger partial charge in [0.05, 0.1) is 5.56 Å². The zero-order valence-electron chi connectivity index (χ0n) is 11.3. The highest BCUT2D eigenvalue weighted by molar-refractivity contribution is 6.31. The number of esters is 1. The normalized spacial score (nSPS) is 10.1. The topological polar surface area (TPSA) is 81.4 Å². The van der Waals surface area contributed by atoms with Crippen molar-refractivity contribution in [3.05, 3.63) is 58.1 Å². The minimum atomic E-state index is -0.699. The SMILES string of the molecule is Nc1cc(Cl)ccc1C(=O)OCC(=O)Nc1cccc(Cl)c1. The number of anilines is 2. The van der Waals surface area contributed by atoms with Crippen LogP contribution < -0.4 is 11.1 Å². The summed E-state index contributed by atoms with van der Waals surface area (Å²) in [5.74, 6) is -1.18. The molecule has 0 aliphatic heterocycles. The molecule has 0 atom stereocenters. The summed E-state index contributed by atoms with van der Waals surface area (Å²) in [5, 5.41) is 3.46. The summed E-state index contributed by atoms with van der Waals surface area (Å²) in [6, 6.07) is 11.0. The molecule has 0 fully saturated rings. The molecule has 0 radical (unpaired) electrons. The van der Waals surface area contributed by atoms with Crippen LogP contribution in [0.25, 0.3) is 0 Å². The number of halogens is 2. The van der Waals surface area contributed by atoms with E-state index in [1.807, 2.05) is 0 Å². The van der Waals surface area contributed by atoms with Crippen molar-refractivity contribution in [1.82, 2.24) is 0 Å². The number of carbonyl (C=O) groups is 2. The van der Waals surface area contributed by atoms with Crippen LogP contribution in [0.1, 0.15) is 10.4 Å². The third-order valence-corrected chi connectivity index (χ3v) is 3.15. The smallest absolute Gasteiger partial charge is 0.340 e. The Labute approximate surface area is 137 Å². The predicted octanol–water partition coefficient (Wildman–Crippen LogP) is 3.37. The van der Waals surface area contributed by atoms with Crippen LogP contribution in [0.15, 0.2) is 42.5 Å². The van der Waals surface area contributed by atoms with Crippen LogP contribution in [0.2, 0.25) is 10.0 Å². The van der Waals surface area contributed by atoms with E-state index < -0.39 is 18.5 Å². The zero-order chi connectivity index (χ0) is 16.1. The molecule has 1 amide bonds. The number of nitrogens with two attached hydrogens (primary N) is 1. The molecular weight excluding hydrogens is 327 g/mol. The highest BCUT2D eigenvalue weighted by Crippen LogP contribution is 2.19. The molecule has 3 N–H and O–H groups in total. The van der Waals surface area contributed by atoms with Crippen LogP contribution >= 0.6 is 23.2 Å². The van der Waals surface area contributed by atoms with Crippen molar-refractivity contribution in [2.45, 2.75) is 0 Å². The second-order valence-corrected chi connectivity index (χ2v) is 5.24. The number of ether oxygens (including phenoxy) is 1. The Morgan fingerprint density at radius 3 is 2.50 bits per heavy atom. The lowest BCUT2D eigenvalue weighted by Gasteiger charge is -2.08. The van der Waals surface area contributed by atoms with Crippen molar-refractivity contribution in [3.63, 3.8) is 0 Å². The fraction of sp³-hybridized carbons (Fsp3) is 0.0667. The maximum Gasteiger partial charge on any atom is 0.340 e. The summed E-state index contributed by atoms with van der Waals surface area (Å²) in [4.78, 5) is 23.6. The van der Waals surface area contributed by atoms with E-state index in [0.717, 1.165) is 0 Å². The lowest BCUT2D eigenvalue weighted by Crippen LogP contribution is -2.21. The Bertz CT molecular complexity index is 720. The van der Waals surface area contributed by atoms with Gasteiger partial charge in [0.25, 0.3) is 5.91 Å². The zero-order valence-corrected chi connectivity index (χ0v) is 12.8. The van der Waals surface area contributed by atoms with Gasteiger partial charge in [-0.2, -0.15) is 0 Å². The summed E-state index contributed by atoms with van der Waals surface area (Å²) in [5.41, 5.74) is 6.52. The van der Waals surface area contributed by atoms with E-state index in [-0.39, 0.29) is 11.3 Å². The van der Waals surface area contributed by atoms with E-state index in [0.29, 0.717) is 15.7 Å². The Hall–Kier alpha value is -2.24. The average molecular weight is 339 g/mol. The second-order valence-electron chi connectivity index (χ2n) is 4.37. The van der Waals surface area contributed by atoms with Crippen molar-refractivity contribution >= 4 is 46.5 Å². The number of carbonyl (C=O) groups excluding carboxylic acids is 2. The van der Waals surface area contributed by atoms with Gasteiger partial charge in [-0.25, -0.2) is 4.79 Å². The molecule has 0 aromatic heterocycles. The molecule has 0 spiro atoms. The van der Waals surface area contributed by atoms with E-state index in [1.54, 1.807) is 24.3 Å². The van der Waals surface area contributed by atoms with Gasteiger partial charge in [-0.3, -0.25) is 4.79 Å². The molecule has 0 aliphatic rings. The third kappa shape index (κ3) is 4.38. The number of rotatable bonds is 4. The molecule has 0 aliphatic carbocycles. The van der Waals surface area contributed by atoms with Gasteiger partial charge < -0.3 is 15.8 Å². The number of hydrogen-bond acceptors (Lipinski definition) is 4. The first-order chi connectivity index (χ1) is 10.5. The fourth-order valence-electron chi connectivity index (χ4n) is 1.69. The molecular formula is C15H12Cl2N2O3. The largest absolute Gasteiger partial charge is 0.452 e. The van der Waals surface area contributed by atoms with Crippen LogP contribution in [-0.4, -0.2) is 18.5 Å². The maximum atomic E-state index is 11.8. The van der Waals surface area contributed by atoms with Crippen molar-refractivity contribution in [3.8, 4) is 0 Å². The van der Waals surface area contributed by atoms with E-state index in [1.165, 1.54) is 18.2 Å². The predicted molar refractivity (Wildman–Crippen MR) is 86.2 cm³/mol. The van der Waals surface area contributed by atoms with Crippen LogP contribution in [0, 0.1) is 0 Å². The highest BCUT2D eigenvalue weighted by Gasteiger charge is 2.13. The number of amides is 1. The molecule has 0 bridgehead atoms. The molecule has 0 unspecified atom stereocenters. The summed E-state index contributed by atoms with van der Waals surface area (Å²) >= 11 is 11.5. The lowest BCUT2D eigenvalue weighted by atomic mass is 10.2. The first kappa shape index (κ1) is 16.1. The maximum absolute atomic E-state index is 11.8. The van der Waals surface area contributed by atoms with E-state index in [9.17, 15) is 9.59 Å². The van der Waals surface area contributed by atoms with Gasteiger partial charge in [0.2, 0.25) is 0 Å². The van der Waals surface area contributed by atoms with Gasteiger partial charge in [0, 0.05) is 21.4 Å². The summed E-state index contributed by atoms with van der Waals surface area (Å²) < 4.78 is 4.91. The number of nitrogens with one attached hydrogen (secondary N) is 1. The highest BCUT2D eigenvalue weighted by atomic mass is 35.5. The van der Waals surface area contributed by atoms with Gasteiger partial charge in [-0.05, 0) is 36.4 Å². The average Bonchev–Trinajstić information content (AvgIpc) is 2.45. The molecule has 2 aromatic rings. The van der Waals surface area contributed by atoms with E-state index in [4.69, 9.17) is 33.7 Å². The molecule has 2 rings (SSSR count). The number of benzene rings is 2. The molecule has 0 heterocycles. The second kappa shape index (κ2) is 7.15. The molecule has 114 valence electrons. The molecule has 2 aromatic carbocycles. The van der Waals surface area contributed by atoms with Gasteiger partial charge in [-0.15, -0.1) is 0 Å². The molecule has 5 nitrogen and oxygen atoms in total.